The van der Waals surface area contributed by atoms with Crippen molar-refractivity contribution in [1.82, 2.24) is 0 Å². The number of hydrogen-bond acceptors (Lipinski definition) is 4. The van der Waals surface area contributed by atoms with Gasteiger partial charge in [-0.05, 0) is 18.2 Å². The van der Waals surface area contributed by atoms with E-state index < -0.39 is 4.92 Å². The minimum absolute atomic E-state index is 0.0581. The van der Waals surface area contributed by atoms with Crippen LogP contribution in [0.2, 0.25) is 10.0 Å². The molecule has 8 heteroatoms. The number of halogens is 2. The maximum atomic E-state index is 11.0. The highest BCUT2D eigenvalue weighted by molar-refractivity contribution is 6.34. The average Bonchev–Trinajstić information content (AvgIpc) is 2.37. The summed E-state index contributed by atoms with van der Waals surface area (Å²) in [5.74, 6) is -0.224. The van der Waals surface area contributed by atoms with Crippen LogP contribution in [-0.4, -0.2) is 10.8 Å². The van der Waals surface area contributed by atoms with Gasteiger partial charge in [0.2, 0.25) is 5.75 Å². The third-order valence-corrected chi connectivity index (χ3v) is 3.13. The highest BCUT2D eigenvalue weighted by Gasteiger charge is 2.19. The second kappa shape index (κ2) is 5.99. The first kappa shape index (κ1) is 15.1. The zero-order chi connectivity index (χ0) is 15.6. The van der Waals surface area contributed by atoms with Crippen LogP contribution in [0.4, 0.5) is 5.69 Å². The summed E-state index contributed by atoms with van der Waals surface area (Å²) in [7, 11) is 0. The van der Waals surface area contributed by atoms with Crippen molar-refractivity contribution in [3.05, 3.63) is 62.1 Å². The first-order valence-corrected chi connectivity index (χ1v) is 6.40. The summed E-state index contributed by atoms with van der Waals surface area (Å²) in [5, 5.41) is 19.0. The first-order chi connectivity index (χ1) is 9.90. The van der Waals surface area contributed by atoms with Gasteiger partial charge in [0.25, 0.3) is 0 Å². The largest absolute Gasteiger partial charge is 0.449 e. The van der Waals surface area contributed by atoms with Gasteiger partial charge in [0.1, 0.15) is 11.6 Å². The zero-order valence-electron chi connectivity index (χ0n) is 10.5. The highest BCUT2D eigenvalue weighted by Crippen LogP contribution is 2.36. The van der Waals surface area contributed by atoms with Crippen LogP contribution < -0.4 is 10.5 Å². The highest BCUT2D eigenvalue weighted by atomic mass is 35.5. The number of nitrogen functional groups attached to an aromatic ring is 1. The topological polar surface area (TPSA) is 102 Å². The number of nitro benzene ring substituents is 1. The smallest absolute Gasteiger partial charge is 0.311 e. The first-order valence-electron chi connectivity index (χ1n) is 5.65. The lowest BCUT2D eigenvalue weighted by atomic mass is 10.2. The molecule has 0 saturated carbocycles. The van der Waals surface area contributed by atoms with Gasteiger partial charge < -0.3 is 10.5 Å². The molecule has 0 atom stereocenters. The number of rotatable bonds is 4. The molecule has 0 bridgehead atoms. The number of nitrogens with two attached hydrogens (primary N) is 1. The summed E-state index contributed by atoms with van der Waals surface area (Å²) in [6.45, 7) is 0. The maximum Gasteiger partial charge on any atom is 0.311 e. The van der Waals surface area contributed by atoms with Gasteiger partial charge in [-0.1, -0.05) is 29.3 Å². The number of ether oxygens (including phenoxy) is 1. The second-order valence-corrected chi connectivity index (χ2v) is 4.84. The Hall–Kier alpha value is -2.31. The molecule has 2 aromatic carbocycles. The molecule has 0 amide bonds. The molecule has 6 nitrogen and oxygen atoms in total. The Balaban J connectivity index is 2.53. The molecular formula is C13H9Cl2N3O3. The lowest BCUT2D eigenvalue weighted by molar-refractivity contribution is -0.385. The van der Waals surface area contributed by atoms with Crippen molar-refractivity contribution in [2.24, 2.45) is 5.73 Å². The van der Waals surface area contributed by atoms with Crippen LogP contribution in [0.5, 0.6) is 11.5 Å². The molecule has 2 rings (SSSR count). The minimum Gasteiger partial charge on any atom is -0.449 e. The lowest BCUT2D eigenvalue weighted by Crippen LogP contribution is -2.13. The molecule has 0 aliphatic heterocycles. The molecule has 108 valence electrons. The van der Waals surface area contributed by atoms with Crippen molar-refractivity contribution in [2.75, 3.05) is 0 Å². The van der Waals surface area contributed by atoms with E-state index in [2.05, 4.69) is 0 Å². The predicted octanol–water partition coefficient (Wildman–Crippen LogP) is 3.98. The Morgan fingerprint density at radius 2 is 1.95 bits per heavy atom. The Bertz CT molecular complexity index is 735. The Kier molecular flexibility index (Phi) is 4.30. The number of benzene rings is 2. The molecule has 0 aromatic heterocycles. The predicted molar refractivity (Wildman–Crippen MR) is 80.6 cm³/mol. The maximum absolute atomic E-state index is 11.0. The van der Waals surface area contributed by atoms with Crippen LogP contribution >= 0.6 is 23.2 Å². The van der Waals surface area contributed by atoms with Gasteiger partial charge in [0.15, 0.2) is 0 Å². The summed E-state index contributed by atoms with van der Waals surface area (Å²) in [6.07, 6.45) is 0. The van der Waals surface area contributed by atoms with E-state index in [-0.39, 0.29) is 38.6 Å². The van der Waals surface area contributed by atoms with E-state index in [1.54, 1.807) is 6.07 Å². The van der Waals surface area contributed by atoms with E-state index in [1.807, 2.05) is 0 Å². The SMILES string of the molecule is N=C(N)c1c(Cl)cccc1Oc1cc(Cl)ccc1[N+](=O)[O-]. The number of nitro groups is 1. The molecule has 0 aliphatic rings. The molecule has 0 saturated heterocycles. The summed E-state index contributed by atoms with van der Waals surface area (Å²) >= 11 is 11.8. The Morgan fingerprint density at radius 1 is 1.24 bits per heavy atom. The molecule has 0 radical (unpaired) electrons. The fraction of sp³-hybridized carbons (Fsp3) is 0. The van der Waals surface area contributed by atoms with Gasteiger partial charge in [-0.2, -0.15) is 0 Å². The standard InChI is InChI=1S/C13H9Cl2N3O3/c14-7-4-5-9(18(19)20)11(6-7)21-10-3-1-2-8(15)12(10)13(16)17/h1-6H,(H3,16,17). The van der Waals surface area contributed by atoms with E-state index in [9.17, 15) is 10.1 Å². The lowest BCUT2D eigenvalue weighted by Gasteiger charge is -2.11. The minimum atomic E-state index is -0.594. The summed E-state index contributed by atoms with van der Waals surface area (Å²) < 4.78 is 5.49. The van der Waals surface area contributed by atoms with Gasteiger partial charge >= 0.3 is 5.69 Å². The van der Waals surface area contributed by atoms with Gasteiger partial charge in [-0.25, -0.2) is 0 Å². The monoisotopic (exact) mass is 325 g/mol. The van der Waals surface area contributed by atoms with Crippen LogP contribution in [0.15, 0.2) is 36.4 Å². The number of nitrogens with one attached hydrogen (secondary N) is 1. The fourth-order valence-electron chi connectivity index (χ4n) is 1.69. The van der Waals surface area contributed by atoms with Crippen LogP contribution in [-0.2, 0) is 0 Å². The molecule has 21 heavy (non-hydrogen) atoms. The van der Waals surface area contributed by atoms with Crippen molar-refractivity contribution < 1.29 is 9.66 Å². The van der Waals surface area contributed by atoms with Gasteiger partial charge in [0, 0.05) is 17.2 Å². The fourth-order valence-corrected chi connectivity index (χ4v) is 2.12. The van der Waals surface area contributed by atoms with Gasteiger partial charge in [-0.3, -0.25) is 15.5 Å². The molecule has 0 spiro atoms. The van der Waals surface area contributed by atoms with E-state index in [0.717, 1.165) is 0 Å². The van der Waals surface area contributed by atoms with Crippen LogP contribution in [0.25, 0.3) is 0 Å². The molecule has 2 aromatic rings. The molecule has 3 N–H and O–H groups in total. The van der Waals surface area contributed by atoms with E-state index in [4.69, 9.17) is 39.1 Å². The quantitative estimate of drug-likeness (QED) is 0.384. The Labute approximate surface area is 129 Å². The molecule has 0 heterocycles. The molecule has 0 unspecified atom stereocenters. The van der Waals surface area contributed by atoms with Crippen molar-refractivity contribution in [2.45, 2.75) is 0 Å². The second-order valence-electron chi connectivity index (χ2n) is 4.00. The third kappa shape index (κ3) is 3.24. The molecular weight excluding hydrogens is 317 g/mol. The van der Waals surface area contributed by atoms with Crippen molar-refractivity contribution in [3.8, 4) is 11.5 Å². The molecule has 0 aliphatic carbocycles. The Morgan fingerprint density at radius 3 is 2.57 bits per heavy atom. The normalized spacial score (nSPS) is 10.2. The van der Waals surface area contributed by atoms with E-state index >= 15 is 0 Å². The average molecular weight is 326 g/mol. The number of hydrogen-bond donors (Lipinski definition) is 2. The summed E-state index contributed by atoms with van der Waals surface area (Å²) in [6, 6.07) is 8.56. The third-order valence-electron chi connectivity index (χ3n) is 2.58. The van der Waals surface area contributed by atoms with Crippen LogP contribution in [0.1, 0.15) is 5.56 Å². The summed E-state index contributed by atoms with van der Waals surface area (Å²) in [5.41, 5.74) is 5.36. The zero-order valence-corrected chi connectivity index (χ0v) is 12.0. The van der Waals surface area contributed by atoms with Crippen molar-refractivity contribution in [3.63, 3.8) is 0 Å². The van der Waals surface area contributed by atoms with Crippen molar-refractivity contribution >= 4 is 34.7 Å². The van der Waals surface area contributed by atoms with E-state index in [1.165, 1.54) is 30.3 Å². The van der Waals surface area contributed by atoms with Crippen LogP contribution in [0.3, 0.4) is 0 Å². The van der Waals surface area contributed by atoms with Crippen molar-refractivity contribution in [1.29, 1.82) is 5.41 Å². The number of amidine groups is 1. The van der Waals surface area contributed by atoms with E-state index in [0.29, 0.717) is 0 Å². The number of nitrogens with zero attached hydrogens (tertiary/aromatic N) is 1. The summed E-state index contributed by atoms with van der Waals surface area (Å²) in [4.78, 5) is 10.4. The molecule has 0 fully saturated rings. The van der Waals surface area contributed by atoms with Crippen LogP contribution in [0, 0.1) is 15.5 Å². The van der Waals surface area contributed by atoms with Gasteiger partial charge in [0.05, 0.1) is 15.5 Å². The van der Waals surface area contributed by atoms with Gasteiger partial charge in [-0.15, -0.1) is 0 Å².